The largest absolute Gasteiger partial charge is 0.496 e. The fourth-order valence-electron chi connectivity index (χ4n) is 1.73. The van der Waals surface area contributed by atoms with Crippen molar-refractivity contribution >= 4 is 0 Å². The Morgan fingerprint density at radius 2 is 2.12 bits per heavy atom. The van der Waals surface area contributed by atoms with E-state index in [4.69, 9.17) is 10.5 Å². The monoisotopic (exact) mass is 222 g/mol. The summed E-state index contributed by atoms with van der Waals surface area (Å²) in [5.41, 5.74) is 7.98. The molecule has 0 atom stereocenters. The minimum atomic E-state index is 0.484. The molecule has 1 rings (SSSR count). The lowest BCUT2D eigenvalue weighted by atomic mass is 9.98. The van der Waals surface area contributed by atoms with Gasteiger partial charge in [0.05, 0.1) is 7.11 Å². The standard InChI is InChI=1S/C13H22N2O/c1-10(2)12-8-11(6-7-15-9-14)4-5-13(12)16-3/h4-5,8,10,15H,6-7,9,14H2,1-3H3. The Bertz CT molecular complexity index is 324. The van der Waals surface area contributed by atoms with Crippen LogP contribution in [0.5, 0.6) is 5.75 Å². The van der Waals surface area contributed by atoms with Crippen LogP contribution < -0.4 is 15.8 Å². The third-order valence-electron chi connectivity index (χ3n) is 2.65. The molecule has 1 aromatic rings. The summed E-state index contributed by atoms with van der Waals surface area (Å²) in [7, 11) is 1.72. The third-order valence-corrected chi connectivity index (χ3v) is 2.65. The smallest absolute Gasteiger partial charge is 0.122 e. The molecule has 0 aliphatic heterocycles. The molecule has 3 nitrogen and oxygen atoms in total. The lowest BCUT2D eigenvalue weighted by Gasteiger charge is -2.13. The maximum Gasteiger partial charge on any atom is 0.122 e. The van der Waals surface area contributed by atoms with Gasteiger partial charge in [-0.15, -0.1) is 0 Å². The van der Waals surface area contributed by atoms with Crippen molar-refractivity contribution in [2.75, 3.05) is 20.3 Å². The van der Waals surface area contributed by atoms with Gasteiger partial charge < -0.3 is 15.8 Å². The lowest BCUT2D eigenvalue weighted by Crippen LogP contribution is -2.24. The molecule has 3 N–H and O–H groups in total. The molecule has 0 fully saturated rings. The van der Waals surface area contributed by atoms with E-state index in [0.29, 0.717) is 12.6 Å². The number of nitrogens with one attached hydrogen (secondary N) is 1. The number of ether oxygens (including phenoxy) is 1. The van der Waals surface area contributed by atoms with E-state index < -0.39 is 0 Å². The molecule has 0 aliphatic rings. The van der Waals surface area contributed by atoms with Crippen LogP contribution >= 0.6 is 0 Å². The predicted octanol–water partition coefficient (Wildman–Crippen LogP) is 1.87. The van der Waals surface area contributed by atoms with Crippen LogP contribution in [0, 0.1) is 0 Å². The summed E-state index contributed by atoms with van der Waals surface area (Å²) in [5.74, 6) is 1.46. The SMILES string of the molecule is COc1ccc(CCNCN)cc1C(C)C. The number of methoxy groups -OCH3 is 1. The van der Waals surface area contributed by atoms with Crippen LogP contribution in [0.25, 0.3) is 0 Å². The van der Waals surface area contributed by atoms with Crippen molar-refractivity contribution in [3.05, 3.63) is 29.3 Å². The van der Waals surface area contributed by atoms with Crippen molar-refractivity contribution in [2.24, 2.45) is 5.73 Å². The first-order chi connectivity index (χ1) is 7.69. The Morgan fingerprint density at radius 3 is 2.69 bits per heavy atom. The van der Waals surface area contributed by atoms with Crippen LogP contribution in [0.4, 0.5) is 0 Å². The number of hydrogen-bond acceptors (Lipinski definition) is 3. The molecule has 0 saturated carbocycles. The molecule has 3 heteroatoms. The summed E-state index contributed by atoms with van der Waals surface area (Å²) in [6, 6.07) is 6.39. The quantitative estimate of drug-likeness (QED) is 0.570. The summed E-state index contributed by atoms with van der Waals surface area (Å²) in [6.07, 6.45) is 1.00. The maximum absolute atomic E-state index is 5.39. The van der Waals surface area contributed by atoms with Crippen LogP contribution in [-0.4, -0.2) is 20.3 Å². The van der Waals surface area contributed by atoms with Gasteiger partial charge in [0.15, 0.2) is 0 Å². The molecule has 90 valence electrons. The lowest BCUT2D eigenvalue weighted by molar-refractivity contribution is 0.407. The fraction of sp³-hybridized carbons (Fsp3) is 0.538. The highest BCUT2D eigenvalue weighted by Gasteiger charge is 2.07. The third kappa shape index (κ3) is 3.51. The number of benzene rings is 1. The molecule has 0 aliphatic carbocycles. The second-order valence-corrected chi connectivity index (χ2v) is 4.19. The molecule has 0 aromatic heterocycles. The van der Waals surface area contributed by atoms with Crippen LogP contribution in [0.2, 0.25) is 0 Å². The predicted molar refractivity (Wildman–Crippen MR) is 67.8 cm³/mol. The summed E-state index contributed by atoms with van der Waals surface area (Å²) in [6.45, 7) is 5.81. The molecule has 1 aromatic carbocycles. The van der Waals surface area contributed by atoms with Gasteiger partial charge in [0, 0.05) is 13.2 Å². The summed E-state index contributed by atoms with van der Waals surface area (Å²) in [4.78, 5) is 0. The van der Waals surface area contributed by atoms with Crippen molar-refractivity contribution in [3.8, 4) is 5.75 Å². The Hall–Kier alpha value is -1.06. The maximum atomic E-state index is 5.39. The molecule has 0 spiro atoms. The van der Waals surface area contributed by atoms with Crippen LogP contribution in [0.1, 0.15) is 30.9 Å². The zero-order valence-corrected chi connectivity index (χ0v) is 10.4. The molecule has 0 radical (unpaired) electrons. The number of rotatable bonds is 6. The molecular formula is C13H22N2O. The molecule has 0 heterocycles. The van der Waals surface area contributed by atoms with Gasteiger partial charge in [-0.05, 0) is 29.5 Å². The minimum Gasteiger partial charge on any atom is -0.496 e. The fourth-order valence-corrected chi connectivity index (χ4v) is 1.73. The van der Waals surface area contributed by atoms with E-state index in [0.717, 1.165) is 18.7 Å². The Morgan fingerprint density at radius 1 is 1.38 bits per heavy atom. The van der Waals surface area contributed by atoms with Crippen molar-refractivity contribution in [1.82, 2.24) is 5.32 Å². The van der Waals surface area contributed by atoms with Crippen molar-refractivity contribution < 1.29 is 4.74 Å². The normalized spacial score (nSPS) is 10.8. The van der Waals surface area contributed by atoms with Gasteiger partial charge >= 0.3 is 0 Å². The molecule has 0 amide bonds. The van der Waals surface area contributed by atoms with E-state index >= 15 is 0 Å². The van der Waals surface area contributed by atoms with Crippen molar-refractivity contribution in [2.45, 2.75) is 26.2 Å². The van der Waals surface area contributed by atoms with Crippen LogP contribution in [0.3, 0.4) is 0 Å². The highest BCUT2D eigenvalue weighted by molar-refractivity contribution is 5.39. The highest BCUT2D eigenvalue weighted by atomic mass is 16.5. The Balaban J connectivity index is 2.77. The van der Waals surface area contributed by atoms with E-state index in [1.54, 1.807) is 7.11 Å². The summed E-state index contributed by atoms with van der Waals surface area (Å²) >= 11 is 0. The molecule has 16 heavy (non-hydrogen) atoms. The zero-order chi connectivity index (χ0) is 12.0. The van der Waals surface area contributed by atoms with E-state index in [1.807, 2.05) is 6.07 Å². The molecule has 0 unspecified atom stereocenters. The highest BCUT2D eigenvalue weighted by Crippen LogP contribution is 2.27. The van der Waals surface area contributed by atoms with E-state index in [9.17, 15) is 0 Å². The average Bonchev–Trinajstić information content (AvgIpc) is 2.29. The first-order valence-electron chi connectivity index (χ1n) is 5.76. The topological polar surface area (TPSA) is 47.3 Å². The summed E-state index contributed by atoms with van der Waals surface area (Å²) < 4.78 is 5.35. The van der Waals surface area contributed by atoms with E-state index in [2.05, 4.69) is 31.3 Å². The van der Waals surface area contributed by atoms with Gasteiger partial charge in [-0.1, -0.05) is 26.0 Å². The minimum absolute atomic E-state index is 0.484. The number of hydrogen-bond donors (Lipinski definition) is 2. The van der Waals surface area contributed by atoms with E-state index in [1.165, 1.54) is 11.1 Å². The van der Waals surface area contributed by atoms with Crippen LogP contribution in [-0.2, 0) is 6.42 Å². The Kier molecular flexibility index (Phi) is 5.29. The second-order valence-electron chi connectivity index (χ2n) is 4.19. The van der Waals surface area contributed by atoms with Gasteiger partial charge in [0.2, 0.25) is 0 Å². The molecule has 0 bridgehead atoms. The Labute approximate surface area is 98.0 Å². The number of nitrogens with two attached hydrogens (primary N) is 1. The van der Waals surface area contributed by atoms with Gasteiger partial charge in [0.25, 0.3) is 0 Å². The van der Waals surface area contributed by atoms with E-state index in [-0.39, 0.29) is 0 Å². The summed E-state index contributed by atoms with van der Waals surface area (Å²) in [5, 5.41) is 3.12. The first kappa shape index (κ1) is 13.0. The van der Waals surface area contributed by atoms with Gasteiger partial charge in [-0.3, -0.25) is 0 Å². The van der Waals surface area contributed by atoms with Crippen LogP contribution in [0.15, 0.2) is 18.2 Å². The van der Waals surface area contributed by atoms with Gasteiger partial charge in [-0.2, -0.15) is 0 Å². The van der Waals surface area contributed by atoms with Crippen molar-refractivity contribution in [1.29, 1.82) is 0 Å². The molecular weight excluding hydrogens is 200 g/mol. The molecule has 0 saturated heterocycles. The average molecular weight is 222 g/mol. The van der Waals surface area contributed by atoms with Gasteiger partial charge in [0.1, 0.15) is 5.75 Å². The van der Waals surface area contributed by atoms with Gasteiger partial charge in [-0.25, -0.2) is 0 Å². The zero-order valence-electron chi connectivity index (χ0n) is 10.4. The van der Waals surface area contributed by atoms with Crippen molar-refractivity contribution in [3.63, 3.8) is 0 Å². The second kappa shape index (κ2) is 6.51. The first-order valence-corrected chi connectivity index (χ1v) is 5.76.